The molecule has 1 aromatic heterocycles. The van der Waals surface area contributed by atoms with Gasteiger partial charge in [0, 0.05) is 18.3 Å². The lowest BCUT2D eigenvalue weighted by molar-refractivity contribution is -0.143. The number of rotatable bonds is 6. The molecule has 1 atom stereocenters. The van der Waals surface area contributed by atoms with Gasteiger partial charge in [-0.3, -0.25) is 9.69 Å². The number of aromatic nitrogens is 2. The third-order valence-electron chi connectivity index (χ3n) is 4.96. The molecule has 0 radical (unpaired) electrons. The Balaban J connectivity index is 1.94. The second kappa shape index (κ2) is 9.70. The maximum absolute atomic E-state index is 13.2. The summed E-state index contributed by atoms with van der Waals surface area (Å²) < 4.78 is 79.2. The van der Waals surface area contributed by atoms with Crippen molar-refractivity contribution in [2.75, 3.05) is 16.8 Å². The molecular formula is C23H20F6N4O. The Hall–Kier alpha value is -3.63. The Morgan fingerprint density at radius 3 is 2.09 bits per heavy atom. The van der Waals surface area contributed by atoms with Crippen molar-refractivity contribution in [3.8, 4) is 0 Å². The number of alkyl halides is 6. The van der Waals surface area contributed by atoms with Crippen LogP contribution < -0.4 is 10.2 Å². The van der Waals surface area contributed by atoms with Crippen molar-refractivity contribution in [2.45, 2.75) is 32.2 Å². The quantitative estimate of drug-likeness (QED) is 0.416. The fourth-order valence-electron chi connectivity index (χ4n) is 3.23. The summed E-state index contributed by atoms with van der Waals surface area (Å²) in [5.41, 5.74) is -2.95. The van der Waals surface area contributed by atoms with Crippen LogP contribution in [0.3, 0.4) is 0 Å². The van der Waals surface area contributed by atoms with E-state index in [0.29, 0.717) is 12.1 Å². The zero-order chi connectivity index (χ0) is 25.1. The van der Waals surface area contributed by atoms with E-state index in [9.17, 15) is 31.1 Å². The van der Waals surface area contributed by atoms with Crippen LogP contribution in [0.2, 0.25) is 0 Å². The van der Waals surface area contributed by atoms with Gasteiger partial charge in [-0.2, -0.15) is 31.3 Å². The van der Waals surface area contributed by atoms with Crippen LogP contribution in [0.15, 0.2) is 60.8 Å². The lowest BCUT2D eigenvalue weighted by Gasteiger charge is -2.22. The first-order chi connectivity index (χ1) is 15.9. The standard InChI is InChI=1S/C23H20F6N4O/c1-3-33(19-9-10-30-21(32-19)31-14(2)15-7-5-4-6-8-15)20(34)16-11-17(22(24,25)26)13-18(12-16)23(27,28)29/h4-14H,3H2,1-2H3,(H,30,31,32)/t14-/m1/s1. The minimum absolute atomic E-state index is 0.0231. The molecule has 0 saturated heterocycles. The number of anilines is 2. The normalized spacial score (nSPS) is 12.8. The second-order valence-electron chi connectivity index (χ2n) is 7.36. The summed E-state index contributed by atoms with van der Waals surface area (Å²) in [5.74, 6) is -0.892. The summed E-state index contributed by atoms with van der Waals surface area (Å²) in [4.78, 5) is 22.3. The SMILES string of the molecule is CCN(C(=O)c1cc(C(F)(F)F)cc(C(F)(F)F)c1)c1ccnc(N[C@H](C)c2ccccc2)n1. The molecule has 0 aliphatic carbocycles. The molecule has 0 saturated carbocycles. The summed E-state index contributed by atoms with van der Waals surface area (Å²) >= 11 is 0. The van der Waals surface area contributed by atoms with Gasteiger partial charge in [0.25, 0.3) is 5.91 Å². The average Bonchev–Trinajstić information content (AvgIpc) is 2.79. The fraction of sp³-hybridized carbons (Fsp3) is 0.261. The lowest BCUT2D eigenvalue weighted by atomic mass is 10.0. The Kier molecular flexibility index (Phi) is 7.13. The largest absolute Gasteiger partial charge is 0.416 e. The van der Waals surface area contributed by atoms with Gasteiger partial charge in [0.05, 0.1) is 17.2 Å². The number of hydrogen-bond donors (Lipinski definition) is 1. The highest BCUT2D eigenvalue weighted by atomic mass is 19.4. The highest BCUT2D eigenvalue weighted by Gasteiger charge is 2.38. The third-order valence-corrected chi connectivity index (χ3v) is 4.96. The Morgan fingerprint density at radius 1 is 0.971 bits per heavy atom. The molecule has 180 valence electrons. The van der Waals surface area contributed by atoms with Crippen molar-refractivity contribution >= 4 is 17.7 Å². The fourth-order valence-corrected chi connectivity index (χ4v) is 3.23. The zero-order valence-corrected chi connectivity index (χ0v) is 18.1. The minimum atomic E-state index is -5.06. The number of hydrogen-bond acceptors (Lipinski definition) is 4. The van der Waals surface area contributed by atoms with Crippen LogP contribution in [0, 0.1) is 0 Å². The molecule has 34 heavy (non-hydrogen) atoms. The smallest absolute Gasteiger partial charge is 0.348 e. The predicted octanol–water partition coefficient (Wildman–Crippen LogP) is 6.35. The first-order valence-corrected chi connectivity index (χ1v) is 10.2. The van der Waals surface area contributed by atoms with Gasteiger partial charge < -0.3 is 5.32 Å². The molecule has 0 spiro atoms. The van der Waals surface area contributed by atoms with E-state index in [4.69, 9.17) is 0 Å². The average molecular weight is 482 g/mol. The van der Waals surface area contributed by atoms with Crippen molar-refractivity contribution in [2.24, 2.45) is 0 Å². The topological polar surface area (TPSA) is 58.1 Å². The van der Waals surface area contributed by atoms with Gasteiger partial charge in [-0.25, -0.2) is 4.98 Å². The van der Waals surface area contributed by atoms with Gasteiger partial charge in [0.2, 0.25) is 5.95 Å². The summed E-state index contributed by atoms with van der Waals surface area (Å²) in [6, 6.07) is 11.2. The van der Waals surface area contributed by atoms with E-state index in [-0.39, 0.29) is 30.4 Å². The van der Waals surface area contributed by atoms with E-state index >= 15 is 0 Å². The lowest BCUT2D eigenvalue weighted by Crippen LogP contribution is -2.32. The Morgan fingerprint density at radius 2 is 1.56 bits per heavy atom. The van der Waals surface area contributed by atoms with Crippen LogP contribution in [0.1, 0.15) is 46.9 Å². The number of benzene rings is 2. The van der Waals surface area contributed by atoms with Crippen LogP contribution in [-0.4, -0.2) is 22.4 Å². The van der Waals surface area contributed by atoms with Crippen molar-refractivity contribution in [3.05, 3.63) is 83.0 Å². The number of carbonyl (C=O) groups is 1. The van der Waals surface area contributed by atoms with Gasteiger partial charge in [0.1, 0.15) is 5.82 Å². The molecule has 2 aromatic carbocycles. The van der Waals surface area contributed by atoms with E-state index in [1.807, 2.05) is 37.3 Å². The number of nitrogens with zero attached hydrogens (tertiary/aromatic N) is 3. The molecule has 0 aliphatic heterocycles. The highest BCUT2D eigenvalue weighted by molar-refractivity contribution is 6.05. The molecule has 1 N–H and O–H groups in total. The van der Waals surface area contributed by atoms with Gasteiger partial charge in [-0.1, -0.05) is 30.3 Å². The predicted molar refractivity (Wildman–Crippen MR) is 114 cm³/mol. The molecule has 1 amide bonds. The molecule has 5 nitrogen and oxygen atoms in total. The second-order valence-corrected chi connectivity index (χ2v) is 7.36. The number of halogens is 6. The monoisotopic (exact) mass is 482 g/mol. The Bertz CT molecular complexity index is 1120. The third kappa shape index (κ3) is 5.83. The van der Waals surface area contributed by atoms with E-state index in [2.05, 4.69) is 15.3 Å². The van der Waals surface area contributed by atoms with Crippen molar-refractivity contribution in [1.82, 2.24) is 9.97 Å². The highest BCUT2D eigenvalue weighted by Crippen LogP contribution is 2.36. The molecule has 0 unspecified atom stereocenters. The molecule has 0 aliphatic rings. The molecule has 11 heteroatoms. The van der Waals surface area contributed by atoms with E-state index in [1.54, 1.807) is 0 Å². The molecule has 0 bridgehead atoms. The van der Waals surface area contributed by atoms with Crippen molar-refractivity contribution in [3.63, 3.8) is 0 Å². The van der Waals surface area contributed by atoms with E-state index in [0.717, 1.165) is 10.5 Å². The van der Waals surface area contributed by atoms with Crippen LogP contribution in [0.25, 0.3) is 0 Å². The van der Waals surface area contributed by atoms with E-state index < -0.39 is 35.0 Å². The van der Waals surface area contributed by atoms with Crippen LogP contribution in [0.5, 0.6) is 0 Å². The molecule has 3 aromatic rings. The minimum Gasteiger partial charge on any atom is -0.348 e. The summed E-state index contributed by atoms with van der Waals surface area (Å²) in [5, 5.41) is 3.06. The van der Waals surface area contributed by atoms with Crippen LogP contribution >= 0.6 is 0 Å². The van der Waals surface area contributed by atoms with Gasteiger partial charge >= 0.3 is 12.4 Å². The van der Waals surface area contributed by atoms with Crippen LogP contribution in [0.4, 0.5) is 38.1 Å². The Labute approximate surface area is 191 Å². The number of amides is 1. The summed E-state index contributed by atoms with van der Waals surface area (Å²) in [6.45, 7) is 3.33. The summed E-state index contributed by atoms with van der Waals surface area (Å²) in [7, 11) is 0. The summed E-state index contributed by atoms with van der Waals surface area (Å²) in [6.07, 6.45) is -8.79. The van der Waals surface area contributed by atoms with Gasteiger partial charge in [-0.15, -0.1) is 0 Å². The molecule has 0 fully saturated rings. The molecule has 3 rings (SSSR count). The van der Waals surface area contributed by atoms with Gasteiger partial charge in [-0.05, 0) is 43.7 Å². The van der Waals surface area contributed by atoms with E-state index in [1.165, 1.54) is 19.2 Å². The maximum Gasteiger partial charge on any atom is 0.416 e. The maximum atomic E-state index is 13.2. The van der Waals surface area contributed by atoms with Crippen molar-refractivity contribution in [1.29, 1.82) is 0 Å². The number of carbonyl (C=O) groups excluding carboxylic acids is 1. The molecular weight excluding hydrogens is 462 g/mol. The van der Waals surface area contributed by atoms with Gasteiger partial charge in [0.15, 0.2) is 0 Å². The molecule has 1 heterocycles. The van der Waals surface area contributed by atoms with Crippen molar-refractivity contribution < 1.29 is 31.1 Å². The number of nitrogens with one attached hydrogen (secondary N) is 1. The van der Waals surface area contributed by atoms with Crippen LogP contribution in [-0.2, 0) is 12.4 Å². The first kappa shape index (κ1) is 25.0. The zero-order valence-electron chi connectivity index (χ0n) is 18.1. The first-order valence-electron chi connectivity index (χ1n) is 10.2.